The Kier molecular flexibility index (Phi) is 2.52. The van der Waals surface area contributed by atoms with E-state index in [4.69, 9.17) is 9.84 Å². The minimum atomic E-state index is -0.436. The SMILES string of the molecule is OC[C@H]1C[C@@H]2OC(N3CCC3)=N[C@@H]2C[C@@H]1O. The Bertz CT molecular complexity index is 304. The summed E-state index contributed by atoms with van der Waals surface area (Å²) in [6.07, 6.45) is 2.17. The highest BCUT2D eigenvalue weighted by Crippen LogP contribution is 2.33. The van der Waals surface area contributed by atoms with Gasteiger partial charge in [0.2, 0.25) is 0 Å². The second-order valence-corrected chi connectivity index (χ2v) is 4.96. The predicted octanol–water partition coefficient (Wildman–Crippen LogP) is -0.421. The molecular formula is C11H18N2O3. The molecule has 3 aliphatic rings. The highest BCUT2D eigenvalue weighted by Gasteiger charge is 2.42. The molecule has 2 N–H and O–H groups in total. The van der Waals surface area contributed by atoms with E-state index in [0.717, 1.165) is 19.1 Å². The monoisotopic (exact) mass is 226 g/mol. The largest absolute Gasteiger partial charge is 0.460 e. The molecule has 0 spiro atoms. The fourth-order valence-electron chi connectivity index (χ4n) is 2.63. The number of amidine groups is 1. The molecule has 90 valence electrons. The highest BCUT2D eigenvalue weighted by atomic mass is 16.5. The average Bonchev–Trinajstić information content (AvgIpc) is 2.55. The molecule has 0 amide bonds. The fraction of sp³-hybridized carbons (Fsp3) is 0.909. The molecule has 2 fully saturated rings. The number of hydrogen-bond acceptors (Lipinski definition) is 5. The molecule has 16 heavy (non-hydrogen) atoms. The standard InChI is InChI=1S/C11H18N2O3/c14-6-7-4-10-8(5-9(7)15)12-11(16-10)13-2-1-3-13/h7-10,14-15H,1-6H2/t7-,8-,9+,10+/m1/s1. The van der Waals surface area contributed by atoms with E-state index in [2.05, 4.69) is 9.89 Å². The zero-order valence-corrected chi connectivity index (χ0v) is 9.25. The van der Waals surface area contributed by atoms with Crippen molar-refractivity contribution >= 4 is 6.02 Å². The van der Waals surface area contributed by atoms with Gasteiger partial charge in [-0.3, -0.25) is 0 Å². The van der Waals surface area contributed by atoms with Crippen molar-refractivity contribution in [1.82, 2.24) is 4.90 Å². The molecule has 1 saturated carbocycles. The van der Waals surface area contributed by atoms with Gasteiger partial charge in [-0.2, -0.15) is 0 Å². The third-order valence-corrected chi connectivity index (χ3v) is 3.89. The minimum Gasteiger partial charge on any atom is -0.460 e. The van der Waals surface area contributed by atoms with Crippen LogP contribution in [0.2, 0.25) is 0 Å². The number of rotatable bonds is 1. The van der Waals surface area contributed by atoms with Crippen LogP contribution in [0.25, 0.3) is 0 Å². The second kappa shape index (κ2) is 3.89. The van der Waals surface area contributed by atoms with E-state index in [1.54, 1.807) is 0 Å². The maximum Gasteiger partial charge on any atom is 0.288 e. The number of ether oxygens (including phenoxy) is 1. The average molecular weight is 226 g/mol. The lowest BCUT2D eigenvalue weighted by Gasteiger charge is -2.34. The first-order valence-corrected chi connectivity index (χ1v) is 6.06. The third kappa shape index (κ3) is 1.58. The van der Waals surface area contributed by atoms with Gasteiger partial charge in [0.1, 0.15) is 6.10 Å². The van der Waals surface area contributed by atoms with Gasteiger partial charge in [0, 0.05) is 25.6 Å². The molecule has 1 saturated heterocycles. The number of hydrogen-bond donors (Lipinski definition) is 2. The smallest absolute Gasteiger partial charge is 0.288 e. The van der Waals surface area contributed by atoms with E-state index >= 15 is 0 Å². The topological polar surface area (TPSA) is 65.3 Å². The van der Waals surface area contributed by atoms with Gasteiger partial charge in [0.15, 0.2) is 0 Å². The van der Waals surface area contributed by atoms with E-state index in [9.17, 15) is 5.11 Å². The van der Waals surface area contributed by atoms with Crippen LogP contribution in [-0.4, -0.2) is 59.1 Å². The second-order valence-electron chi connectivity index (χ2n) is 4.96. The van der Waals surface area contributed by atoms with Crippen LogP contribution >= 0.6 is 0 Å². The Morgan fingerprint density at radius 3 is 2.81 bits per heavy atom. The van der Waals surface area contributed by atoms with Gasteiger partial charge in [0.25, 0.3) is 6.02 Å². The maximum atomic E-state index is 9.81. The van der Waals surface area contributed by atoms with E-state index in [1.807, 2.05) is 0 Å². The van der Waals surface area contributed by atoms with Gasteiger partial charge in [-0.15, -0.1) is 0 Å². The van der Waals surface area contributed by atoms with E-state index < -0.39 is 6.10 Å². The number of aliphatic hydroxyl groups excluding tert-OH is 2. The van der Waals surface area contributed by atoms with Gasteiger partial charge in [-0.1, -0.05) is 0 Å². The van der Waals surface area contributed by atoms with Crippen LogP contribution in [0.3, 0.4) is 0 Å². The van der Waals surface area contributed by atoms with E-state index in [0.29, 0.717) is 12.8 Å². The van der Waals surface area contributed by atoms with Crippen LogP contribution in [0.4, 0.5) is 0 Å². The van der Waals surface area contributed by atoms with Crippen molar-refractivity contribution in [2.24, 2.45) is 10.9 Å². The quantitative estimate of drug-likeness (QED) is 0.637. The molecule has 2 aliphatic heterocycles. The summed E-state index contributed by atoms with van der Waals surface area (Å²) in [5.74, 6) is -0.0489. The van der Waals surface area contributed by atoms with Crippen LogP contribution in [0.5, 0.6) is 0 Å². The number of fused-ring (bicyclic) bond motifs is 1. The molecule has 0 aromatic rings. The number of aliphatic imine (C=N–C) groups is 1. The lowest BCUT2D eigenvalue weighted by atomic mass is 9.82. The van der Waals surface area contributed by atoms with Crippen LogP contribution in [0, 0.1) is 5.92 Å². The Labute approximate surface area is 94.7 Å². The summed E-state index contributed by atoms with van der Waals surface area (Å²) in [5, 5.41) is 19.0. The zero-order chi connectivity index (χ0) is 11.1. The van der Waals surface area contributed by atoms with Gasteiger partial charge >= 0.3 is 0 Å². The molecule has 0 aromatic carbocycles. The normalized spacial score (nSPS) is 42.1. The first-order chi connectivity index (χ1) is 7.78. The first-order valence-electron chi connectivity index (χ1n) is 6.06. The molecule has 0 bridgehead atoms. The molecular weight excluding hydrogens is 208 g/mol. The van der Waals surface area contributed by atoms with Gasteiger partial charge < -0.3 is 19.8 Å². The summed E-state index contributed by atoms with van der Waals surface area (Å²) < 4.78 is 5.80. The maximum absolute atomic E-state index is 9.81. The van der Waals surface area contributed by atoms with Gasteiger partial charge in [0.05, 0.1) is 12.1 Å². The summed E-state index contributed by atoms with van der Waals surface area (Å²) in [7, 11) is 0. The summed E-state index contributed by atoms with van der Waals surface area (Å²) >= 11 is 0. The van der Waals surface area contributed by atoms with Crippen molar-refractivity contribution in [1.29, 1.82) is 0 Å². The molecule has 5 nitrogen and oxygen atoms in total. The predicted molar refractivity (Wildman–Crippen MR) is 58.1 cm³/mol. The molecule has 1 aliphatic carbocycles. The van der Waals surface area contributed by atoms with Crippen LogP contribution < -0.4 is 0 Å². The summed E-state index contributed by atoms with van der Waals surface area (Å²) in [6.45, 7) is 2.10. The third-order valence-electron chi connectivity index (χ3n) is 3.89. The van der Waals surface area contributed by atoms with Crippen LogP contribution in [0.1, 0.15) is 19.3 Å². The lowest BCUT2D eigenvalue weighted by molar-refractivity contribution is -0.0139. The van der Waals surface area contributed by atoms with Crippen molar-refractivity contribution < 1.29 is 14.9 Å². The van der Waals surface area contributed by atoms with Crippen molar-refractivity contribution in [2.45, 2.75) is 37.5 Å². The number of nitrogens with zero attached hydrogens (tertiary/aromatic N) is 2. The van der Waals surface area contributed by atoms with Crippen molar-refractivity contribution in [3.63, 3.8) is 0 Å². The number of aliphatic hydroxyl groups is 2. The molecule has 5 heteroatoms. The van der Waals surface area contributed by atoms with Gasteiger partial charge in [-0.05, 0) is 19.3 Å². The molecule has 4 atom stereocenters. The first kappa shape index (κ1) is 10.4. The van der Waals surface area contributed by atoms with Crippen LogP contribution in [0.15, 0.2) is 4.99 Å². The Morgan fingerprint density at radius 2 is 2.19 bits per heavy atom. The molecule has 2 heterocycles. The summed E-state index contributed by atoms with van der Waals surface area (Å²) in [5.41, 5.74) is 0. The molecule has 0 unspecified atom stereocenters. The van der Waals surface area contributed by atoms with Crippen LogP contribution in [-0.2, 0) is 4.74 Å². The zero-order valence-electron chi connectivity index (χ0n) is 9.25. The minimum absolute atomic E-state index is 0.0345. The van der Waals surface area contributed by atoms with Gasteiger partial charge in [-0.25, -0.2) is 4.99 Å². The Balaban J connectivity index is 1.67. The Hall–Kier alpha value is -0.810. The highest BCUT2D eigenvalue weighted by molar-refractivity contribution is 5.76. The lowest BCUT2D eigenvalue weighted by Crippen LogP contribution is -2.44. The molecule has 0 aromatic heterocycles. The molecule has 0 radical (unpaired) electrons. The fourth-order valence-corrected chi connectivity index (χ4v) is 2.63. The summed E-state index contributed by atoms with van der Waals surface area (Å²) in [4.78, 5) is 6.67. The Morgan fingerprint density at radius 1 is 1.38 bits per heavy atom. The van der Waals surface area contributed by atoms with Crippen molar-refractivity contribution in [3.8, 4) is 0 Å². The van der Waals surface area contributed by atoms with Crippen molar-refractivity contribution in [2.75, 3.05) is 19.7 Å². The summed E-state index contributed by atoms with van der Waals surface area (Å²) in [6, 6.07) is 0.848. The molecule has 3 rings (SSSR count). The number of likely N-dealkylation sites (tertiary alicyclic amines) is 1. The van der Waals surface area contributed by atoms with E-state index in [-0.39, 0.29) is 24.7 Å². The van der Waals surface area contributed by atoms with Crippen molar-refractivity contribution in [3.05, 3.63) is 0 Å². The van der Waals surface area contributed by atoms with E-state index in [1.165, 1.54) is 6.42 Å².